The summed E-state index contributed by atoms with van der Waals surface area (Å²) in [6, 6.07) is 2.57. The average molecular weight is 252 g/mol. The molecule has 0 aliphatic carbocycles. The van der Waals surface area contributed by atoms with E-state index in [0.29, 0.717) is 6.42 Å². The Morgan fingerprint density at radius 3 is 2.56 bits per heavy atom. The number of nitrogens with zero attached hydrogens (tertiary/aromatic N) is 1. The van der Waals surface area contributed by atoms with Gasteiger partial charge in [0.25, 0.3) is 0 Å². The van der Waals surface area contributed by atoms with Gasteiger partial charge in [0.15, 0.2) is 0 Å². The second-order valence-electron chi connectivity index (χ2n) is 3.83. The van der Waals surface area contributed by atoms with Crippen LogP contribution in [-0.2, 0) is 16.0 Å². The van der Waals surface area contributed by atoms with Crippen LogP contribution in [0.2, 0.25) is 0 Å². The van der Waals surface area contributed by atoms with Gasteiger partial charge in [-0.05, 0) is 24.1 Å². The maximum Gasteiger partial charge on any atom is 0.326 e. The summed E-state index contributed by atoms with van der Waals surface area (Å²) >= 11 is 0. The molecule has 1 aromatic rings. The van der Waals surface area contributed by atoms with Crippen molar-refractivity contribution in [1.29, 1.82) is 0 Å². The number of aliphatic hydroxyl groups is 1. The Bertz CT molecular complexity index is 394. The van der Waals surface area contributed by atoms with Crippen LogP contribution >= 0.6 is 0 Å². The maximum absolute atomic E-state index is 11.5. The lowest BCUT2D eigenvalue weighted by molar-refractivity contribution is -0.142. The number of hydrogen-bond donors (Lipinski definition) is 3. The molecule has 0 saturated carbocycles. The molecule has 0 spiro atoms. The second kappa shape index (κ2) is 7.39. The Labute approximate surface area is 105 Å². The van der Waals surface area contributed by atoms with Crippen molar-refractivity contribution in [1.82, 2.24) is 10.3 Å². The molecule has 1 heterocycles. The highest BCUT2D eigenvalue weighted by Crippen LogP contribution is 2.01. The molecule has 1 atom stereocenters. The molecule has 6 heteroatoms. The fourth-order valence-corrected chi connectivity index (χ4v) is 1.46. The zero-order valence-electron chi connectivity index (χ0n) is 9.87. The summed E-state index contributed by atoms with van der Waals surface area (Å²) in [6.45, 7) is -0.276. The molecule has 0 bridgehead atoms. The van der Waals surface area contributed by atoms with Crippen molar-refractivity contribution in [3.05, 3.63) is 30.1 Å². The van der Waals surface area contributed by atoms with Crippen LogP contribution < -0.4 is 5.32 Å². The number of aliphatic carboxylic acids is 1. The van der Waals surface area contributed by atoms with E-state index in [4.69, 9.17) is 10.2 Å². The summed E-state index contributed by atoms with van der Waals surface area (Å²) in [5, 5.41) is 19.9. The van der Waals surface area contributed by atoms with Gasteiger partial charge in [-0.1, -0.05) is 0 Å². The molecule has 6 nitrogen and oxygen atoms in total. The molecular formula is C12H16N2O4. The molecule has 0 aliphatic heterocycles. The molecule has 98 valence electrons. The third kappa shape index (κ3) is 4.92. The van der Waals surface area contributed by atoms with Gasteiger partial charge in [0.2, 0.25) is 5.91 Å². The smallest absolute Gasteiger partial charge is 0.326 e. The Morgan fingerprint density at radius 1 is 1.33 bits per heavy atom. The van der Waals surface area contributed by atoms with E-state index in [1.165, 1.54) is 0 Å². The van der Waals surface area contributed by atoms with Crippen molar-refractivity contribution in [2.45, 2.75) is 25.3 Å². The van der Waals surface area contributed by atoms with Crippen molar-refractivity contribution < 1.29 is 19.8 Å². The van der Waals surface area contributed by atoms with Crippen LogP contribution in [0.3, 0.4) is 0 Å². The third-order valence-corrected chi connectivity index (χ3v) is 2.44. The molecule has 0 unspecified atom stereocenters. The number of aryl methyl sites for hydroxylation is 1. The molecule has 1 rings (SSSR count). The first-order valence-electron chi connectivity index (χ1n) is 5.65. The molecule has 1 amide bonds. The molecule has 1 aromatic heterocycles. The number of carboxylic acids is 1. The summed E-state index contributed by atoms with van der Waals surface area (Å²) in [5.74, 6) is -1.48. The predicted octanol–water partition coefficient (Wildman–Crippen LogP) is -0.0340. The number of pyridine rings is 1. The Hall–Kier alpha value is -1.95. The number of nitrogens with one attached hydrogen (secondary N) is 1. The largest absolute Gasteiger partial charge is 0.480 e. The van der Waals surface area contributed by atoms with E-state index in [9.17, 15) is 9.59 Å². The van der Waals surface area contributed by atoms with E-state index >= 15 is 0 Å². The normalized spacial score (nSPS) is 11.8. The number of carbonyl (C=O) groups excluding carboxylic acids is 1. The molecule has 18 heavy (non-hydrogen) atoms. The zero-order valence-corrected chi connectivity index (χ0v) is 9.87. The quantitative estimate of drug-likeness (QED) is 0.632. The van der Waals surface area contributed by atoms with Gasteiger partial charge in [0.05, 0.1) is 0 Å². The van der Waals surface area contributed by atoms with Crippen LogP contribution in [0.25, 0.3) is 0 Å². The predicted molar refractivity (Wildman–Crippen MR) is 63.8 cm³/mol. The minimum absolute atomic E-state index is 0.0102. The first-order chi connectivity index (χ1) is 8.63. The van der Waals surface area contributed by atoms with Gasteiger partial charge in [-0.2, -0.15) is 0 Å². The molecule has 0 aromatic carbocycles. The van der Waals surface area contributed by atoms with Crippen molar-refractivity contribution in [2.75, 3.05) is 6.61 Å². The highest BCUT2D eigenvalue weighted by atomic mass is 16.4. The highest BCUT2D eigenvalue weighted by Gasteiger charge is 2.18. The van der Waals surface area contributed by atoms with E-state index in [2.05, 4.69) is 10.3 Å². The van der Waals surface area contributed by atoms with Crippen LogP contribution in [0.1, 0.15) is 18.4 Å². The molecule has 0 saturated heterocycles. The number of aliphatic hydroxyl groups excluding tert-OH is 1. The van der Waals surface area contributed by atoms with Gasteiger partial charge < -0.3 is 15.5 Å². The zero-order chi connectivity index (χ0) is 13.4. The average Bonchev–Trinajstić information content (AvgIpc) is 2.37. The Balaban J connectivity index is 2.39. The summed E-state index contributed by atoms with van der Waals surface area (Å²) in [6.07, 6.45) is 4.02. The molecule has 3 N–H and O–H groups in total. The fraction of sp³-hybridized carbons (Fsp3) is 0.417. The first kappa shape index (κ1) is 14.1. The monoisotopic (exact) mass is 252 g/mol. The number of aromatic nitrogens is 1. The lowest BCUT2D eigenvalue weighted by Crippen LogP contribution is -2.41. The second-order valence-corrected chi connectivity index (χ2v) is 3.83. The fourth-order valence-electron chi connectivity index (χ4n) is 1.46. The molecular weight excluding hydrogens is 236 g/mol. The van der Waals surface area contributed by atoms with Gasteiger partial charge in [0.1, 0.15) is 6.04 Å². The molecule has 0 aliphatic rings. The van der Waals surface area contributed by atoms with Gasteiger partial charge in [-0.3, -0.25) is 9.78 Å². The molecule has 0 radical (unpaired) electrons. The van der Waals surface area contributed by atoms with Gasteiger partial charge in [-0.25, -0.2) is 4.79 Å². The Morgan fingerprint density at radius 2 is 2.00 bits per heavy atom. The minimum atomic E-state index is -1.14. The number of amides is 1. The Kier molecular flexibility index (Phi) is 5.79. The summed E-state index contributed by atoms with van der Waals surface area (Å²) in [5.41, 5.74) is 0.967. The van der Waals surface area contributed by atoms with Crippen molar-refractivity contribution in [3.8, 4) is 0 Å². The van der Waals surface area contributed by atoms with Gasteiger partial charge in [-0.15, -0.1) is 0 Å². The van der Waals surface area contributed by atoms with E-state index < -0.39 is 12.0 Å². The van der Waals surface area contributed by atoms with Crippen LogP contribution in [0.15, 0.2) is 24.5 Å². The minimum Gasteiger partial charge on any atom is -0.480 e. The van der Waals surface area contributed by atoms with E-state index in [1.807, 2.05) is 0 Å². The highest BCUT2D eigenvalue weighted by molar-refractivity contribution is 5.83. The topological polar surface area (TPSA) is 99.5 Å². The van der Waals surface area contributed by atoms with Crippen LogP contribution in [-0.4, -0.2) is 39.7 Å². The molecule has 0 fully saturated rings. The van der Waals surface area contributed by atoms with E-state index in [1.54, 1.807) is 24.5 Å². The van der Waals surface area contributed by atoms with Gasteiger partial charge in [0, 0.05) is 31.8 Å². The van der Waals surface area contributed by atoms with E-state index in [0.717, 1.165) is 5.56 Å². The van der Waals surface area contributed by atoms with Gasteiger partial charge >= 0.3 is 5.97 Å². The van der Waals surface area contributed by atoms with Crippen molar-refractivity contribution >= 4 is 11.9 Å². The number of rotatable bonds is 7. The third-order valence-electron chi connectivity index (χ3n) is 2.44. The lowest BCUT2D eigenvalue weighted by atomic mass is 10.1. The first-order valence-corrected chi connectivity index (χ1v) is 5.65. The van der Waals surface area contributed by atoms with Crippen LogP contribution in [0.4, 0.5) is 0 Å². The van der Waals surface area contributed by atoms with Crippen molar-refractivity contribution in [2.24, 2.45) is 0 Å². The number of carbonyl (C=O) groups is 2. The standard InChI is InChI=1S/C12H16N2O4/c15-8-5-10(12(17)18)14-11(16)2-1-9-3-6-13-7-4-9/h3-4,6-7,10,15H,1-2,5,8H2,(H,14,16)(H,17,18)/t10-/m1/s1. The number of carboxylic acid groups (broad SMARTS) is 1. The SMILES string of the molecule is O=C(CCc1ccncc1)N[C@H](CCO)C(=O)O. The summed E-state index contributed by atoms with van der Waals surface area (Å²) < 4.78 is 0. The van der Waals surface area contributed by atoms with Crippen molar-refractivity contribution in [3.63, 3.8) is 0 Å². The maximum atomic E-state index is 11.5. The summed E-state index contributed by atoms with van der Waals surface area (Å²) in [7, 11) is 0. The lowest BCUT2D eigenvalue weighted by Gasteiger charge is -2.12. The van der Waals surface area contributed by atoms with Crippen LogP contribution in [0.5, 0.6) is 0 Å². The van der Waals surface area contributed by atoms with Crippen LogP contribution in [0, 0.1) is 0 Å². The summed E-state index contributed by atoms with van der Waals surface area (Å²) in [4.78, 5) is 26.2. The van der Waals surface area contributed by atoms with E-state index in [-0.39, 0.29) is 25.4 Å². The number of hydrogen-bond acceptors (Lipinski definition) is 4.